The number of carbonyl (C=O) groups excluding carboxylic acids is 1. The number of halogens is 6. The molecular formula is C28H24ClF5N4O4. The van der Waals surface area contributed by atoms with E-state index in [-0.39, 0.29) is 16.9 Å². The van der Waals surface area contributed by atoms with Crippen LogP contribution in [-0.4, -0.2) is 51.1 Å². The number of hydrogen-bond acceptors (Lipinski definition) is 7. The summed E-state index contributed by atoms with van der Waals surface area (Å²) in [5, 5.41) is 31.4. The molecular weight excluding hydrogens is 587 g/mol. The van der Waals surface area contributed by atoms with E-state index in [0.29, 0.717) is 16.6 Å². The number of benzene rings is 2. The number of alkyl halides is 3. The molecule has 0 saturated heterocycles. The maximum atomic E-state index is 15.8. The molecule has 42 heavy (non-hydrogen) atoms. The maximum Gasteiger partial charge on any atom is 0.424 e. The molecule has 0 radical (unpaired) electrons. The smallest absolute Gasteiger partial charge is 0.424 e. The first-order valence-electron chi connectivity index (χ1n) is 12.3. The Morgan fingerprint density at radius 1 is 1.05 bits per heavy atom. The van der Waals surface area contributed by atoms with Gasteiger partial charge in [0, 0.05) is 22.1 Å². The average Bonchev–Trinajstić information content (AvgIpc) is 2.90. The Bertz CT molecular complexity index is 1680. The van der Waals surface area contributed by atoms with Crippen LogP contribution in [0.2, 0.25) is 5.02 Å². The van der Waals surface area contributed by atoms with Gasteiger partial charge in [-0.05, 0) is 63.2 Å². The summed E-state index contributed by atoms with van der Waals surface area (Å²) in [5.74, 6) is -3.38. The fourth-order valence-corrected chi connectivity index (χ4v) is 4.76. The van der Waals surface area contributed by atoms with Gasteiger partial charge in [0.05, 0.1) is 35.7 Å². The van der Waals surface area contributed by atoms with Gasteiger partial charge in [0.2, 0.25) is 5.60 Å². The third-order valence-electron chi connectivity index (χ3n) is 6.43. The van der Waals surface area contributed by atoms with Gasteiger partial charge in [-0.15, -0.1) is 5.10 Å². The molecule has 8 nitrogen and oxygen atoms in total. The van der Waals surface area contributed by atoms with Gasteiger partial charge in [-0.2, -0.15) is 18.3 Å². The molecule has 1 amide bonds. The van der Waals surface area contributed by atoms with E-state index >= 15 is 4.39 Å². The molecule has 0 aliphatic rings. The largest absolute Gasteiger partial charge is 0.494 e. The second-order valence-electron chi connectivity index (χ2n) is 10.0. The number of ether oxygens (including phenoxy) is 1. The number of methoxy groups -OCH3 is 1. The minimum absolute atomic E-state index is 0.0247. The predicted octanol–water partition coefficient (Wildman–Crippen LogP) is 5.35. The lowest BCUT2D eigenvalue weighted by molar-refractivity contribution is -0.266. The van der Waals surface area contributed by atoms with E-state index < -0.39 is 63.4 Å². The van der Waals surface area contributed by atoms with Crippen molar-refractivity contribution in [1.82, 2.24) is 20.5 Å². The Morgan fingerprint density at radius 2 is 1.69 bits per heavy atom. The summed E-state index contributed by atoms with van der Waals surface area (Å²) in [5.41, 5.74) is -8.44. The van der Waals surface area contributed by atoms with Gasteiger partial charge in [0.15, 0.2) is 5.82 Å². The molecule has 0 unspecified atom stereocenters. The number of rotatable bonds is 7. The van der Waals surface area contributed by atoms with Crippen LogP contribution in [-0.2, 0) is 11.2 Å². The third-order valence-corrected chi connectivity index (χ3v) is 6.80. The van der Waals surface area contributed by atoms with Gasteiger partial charge in [-0.3, -0.25) is 4.79 Å². The number of aryl methyl sites for hydroxylation is 1. The van der Waals surface area contributed by atoms with Crippen molar-refractivity contribution >= 4 is 28.4 Å². The van der Waals surface area contributed by atoms with Crippen LogP contribution < -0.4 is 10.1 Å². The number of pyridine rings is 1. The van der Waals surface area contributed by atoms with Gasteiger partial charge < -0.3 is 20.3 Å². The highest BCUT2D eigenvalue weighted by Gasteiger charge is 2.58. The van der Waals surface area contributed by atoms with Crippen molar-refractivity contribution in [2.45, 2.75) is 38.1 Å². The average molecular weight is 611 g/mol. The number of amides is 1. The number of hydrogen-bond donors (Lipinski definition) is 3. The monoisotopic (exact) mass is 610 g/mol. The van der Waals surface area contributed by atoms with Crippen LogP contribution in [0.1, 0.15) is 41.2 Å². The van der Waals surface area contributed by atoms with Crippen molar-refractivity contribution in [2.75, 3.05) is 13.7 Å². The molecule has 0 fully saturated rings. The van der Waals surface area contributed by atoms with E-state index in [0.717, 1.165) is 38.1 Å². The first-order chi connectivity index (χ1) is 19.5. The molecule has 4 rings (SSSR count). The molecule has 2 heterocycles. The molecule has 0 saturated carbocycles. The van der Waals surface area contributed by atoms with Crippen LogP contribution in [0.3, 0.4) is 0 Å². The van der Waals surface area contributed by atoms with Crippen LogP contribution in [0.4, 0.5) is 22.0 Å². The van der Waals surface area contributed by atoms with E-state index in [9.17, 15) is 32.6 Å². The fraction of sp³-hybridized carbons (Fsp3) is 0.286. The molecule has 0 aliphatic carbocycles. The van der Waals surface area contributed by atoms with Crippen molar-refractivity contribution in [3.05, 3.63) is 81.6 Å². The zero-order valence-electron chi connectivity index (χ0n) is 22.6. The number of aromatic nitrogens is 3. The first-order valence-corrected chi connectivity index (χ1v) is 12.6. The maximum absolute atomic E-state index is 15.8. The van der Waals surface area contributed by atoms with E-state index in [1.54, 1.807) is 13.0 Å². The van der Waals surface area contributed by atoms with Gasteiger partial charge in [0.1, 0.15) is 22.8 Å². The van der Waals surface area contributed by atoms with Gasteiger partial charge >= 0.3 is 6.18 Å². The van der Waals surface area contributed by atoms with Crippen LogP contribution in [0, 0.1) is 18.6 Å². The van der Waals surface area contributed by atoms with Crippen molar-refractivity contribution < 1.29 is 41.7 Å². The summed E-state index contributed by atoms with van der Waals surface area (Å²) in [7, 11) is 1.30. The Hall–Kier alpha value is -3.94. The minimum Gasteiger partial charge on any atom is -0.494 e. The van der Waals surface area contributed by atoms with Crippen molar-refractivity contribution in [3.63, 3.8) is 0 Å². The second kappa shape index (κ2) is 11.0. The minimum atomic E-state index is -5.59. The zero-order valence-corrected chi connectivity index (χ0v) is 23.3. The lowest BCUT2D eigenvalue weighted by Gasteiger charge is -2.33. The van der Waals surface area contributed by atoms with Crippen molar-refractivity contribution in [3.8, 4) is 17.0 Å². The molecule has 2 aromatic heterocycles. The molecule has 222 valence electrons. The Balaban J connectivity index is 1.83. The van der Waals surface area contributed by atoms with Crippen LogP contribution >= 0.6 is 11.6 Å². The zero-order chi connectivity index (χ0) is 31.2. The topological polar surface area (TPSA) is 117 Å². The lowest BCUT2D eigenvalue weighted by Crippen LogP contribution is -2.52. The van der Waals surface area contributed by atoms with E-state index in [1.165, 1.54) is 19.2 Å². The van der Waals surface area contributed by atoms with Crippen LogP contribution in [0.15, 0.2) is 42.5 Å². The van der Waals surface area contributed by atoms with Gasteiger partial charge in [0.25, 0.3) is 5.91 Å². The number of nitrogens with zero attached hydrogens (tertiary/aromatic N) is 3. The highest BCUT2D eigenvalue weighted by molar-refractivity contribution is 6.34. The lowest BCUT2D eigenvalue weighted by atomic mass is 9.89. The highest BCUT2D eigenvalue weighted by atomic mass is 35.5. The molecule has 0 spiro atoms. The standard InChI is InChI=1S/C28H24ClF5N4O4/c1-13-9-15-10-16(11-18(42-4)22(15)38-37-13)25(39)35-12-27(41,28(32,33)34)24-21(31)19(26(2,3)40)20(29)23(36-24)14-5-7-17(30)8-6-14/h5-11,40-41H,12H2,1-4H3,(H,35,39)/t27-/m0/s1. The van der Waals surface area contributed by atoms with E-state index in [1.807, 2.05) is 5.32 Å². The summed E-state index contributed by atoms with van der Waals surface area (Å²) < 4.78 is 78.1. The number of nitrogens with one attached hydrogen (secondary N) is 1. The first kappa shape index (κ1) is 31.0. The molecule has 4 aromatic rings. The Labute approximate surface area is 241 Å². The fourth-order valence-electron chi connectivity index (χ4n) is 4.30. The Morgan fingerprint density at radius 3 is 2.26 bits per heavy atom. The number of fused-ring (bicyclic) bond motifs is 1. The van der Waals surface area contributed by atoms with Gasteiger partial charge in [-0.1, -0.05) is 11.6 Å². The molecule has 2 aromatic carbocycles. The van der Waals surface area contributed by atoms with Crippen molar-refractivity contribution in [1.29, 1.82) is 0 Å². The quantitative estimate of drug-likeness (QED) is 0.242. The third kappa shape index (κ3) is 5.72. The summed E-state index contributed by atoms with van der Waals surface area (Å²) in [4.78, 5) is 16.8. The van der Waals surface area contributed by atoms with Crippen LogP contribution in [0.25, 0.3) is 22.2 Å². The normalized spacial score (nSPS) is 13.6. The molecule has 0 bridgehead atoms. The van der Waals surface area contributed by atoms with E-state index in [2.05, 4.69) is 15.2 Å². The molecule has 1 atom stereocenters. The summed E-state index contributed by atoms with van der Waals surface area (Å²) in [6.45, 7) is 2.21. The highest BCUT2D eigenvalue weighted by Crippen LogP contribution is 2.45. The molecule has 3 N–H and O–H groups in total. The molecule has 0 aliphatic heterocycles. The summed E-state index contributed by atoms with van der Waals surface area (Å²) >= 11 is 6.29. The van der Waals surface area contributed by atoms with E-state index in [4.69, 9.17) is 16.3 Å². The Kier molecular flexibility index (Phi) is 8.15. The summed E-state index contributed by atoms with van der Waals surface area (Å²) in [6, 6.07) is 8.34. The number of carbonyl (C=O) groups is 1. The SMILES string of the molecule is COc1cc(C(=O)NC[C@](O)(c2nc(-c3ccc(F)cc3)c(Cl)c(C(C)(C)O)c2F)C(F)(F)F)cc2cc(C)nnc12. The van der Waals surface area contributed by atoms with Crippen LogP contribution in [0.5, 0.6) is 5.75 Å². The second-order valence-corrected chi connectivity index (χ2v) is 10.4. The predicted molar refractivity (Wildman–Crippen MR) is 143 cm³/mol. The number of aliphatic hydroxyl groups is 2. The summed E-state index contributed by atoms with van der Waals surface area (Å²) in [6.07, 6.45) is -5.59. The van der Waals surface area contributed by atoms with Gasteiger partial charge in [-0.25, -0.2) is 13.8 Å². The van der Waals surface area contributed by atoms with Crippen molar-refractivity contribution in [2.24, 2.45) is 0 Å². The molecule has 14 heteroatoms.